The Kier molecular flexibility index (Phi) is 2.67. The van der Waals surface area contributed by atoms with Gasteiger partial charge in [0.25, 0.3) is 0 Å². The summed E-state index contributed by atoms with van der Waals surface area (Å²) in [7, 11) is 0. The van der Waals surface area contributed by atoms with Crippen LogP contribution < -0.4 is 0 Å². The van der Waals surface area contributed by atoms with Gasteiger partial charge in [-0.1, -0.05) is 6.42 Å². The van der Waals surface area contributed by atoms with Gasteiger partial charge in [0.15, 0.2) is 5.65 Å². The lowest BCUT2D eigenvalue weighted by Gasteiger charge is -2.25. The van der Waals surface area contributed by atoms with Crippen molar-refractivity contribution in [2.24, 2.45) is 0 Å². The molecule has 0 saturated heterocycles. The Morgan fingerprint density at radius 3 is 2.68 bits per heavy atom. The van der Waals surface area contributed by atoms with Crippen molar-refractivity contribution in [3.63, 3.8) is 0 Å². The summed E-state index contributed by atoms with van der Waals surface area (Å²) in [4.78, 5) is 10.00. The zero-order valence-corrected chi connectivity index (χ0v) is 13.9. The summed E-state index contributed by atoms with van der Waals surface area (Å²) in [5.41, 5.74) is 5.44. The fourth-order valence-corrected chi connectivity index (χ4v) is 3.86. The van der Waals surface area contributed by atoms with E-state index >= 15 is 0 Å². The molecule has 3 heterocycles. The Hall–Kier alpha value is -2.69. The Balaban J connectivity index is 1.62. The molecule has 2 saturated carbocycles. The average Bonchev–Trinajstić information content (AvgIpc) is 3.21. The molecule has 2 fully saturated rings. The summed E-state index contributed by atoms with van der Waals surface area (Å²) in [5, 5.41) is 8.30. The maximum atomic E-state index is 5.02. The zero-order chi connectivity index (χ0) is 16.4. The highest BCUT2D eigenvalue weighted by Gasteiger charge is 2.29. The van der Waals surface area contributed by atoms with Crippen LogP contribution in [0.1, 0.15) is 55.5 Å². The van der Waals surface area contributed by atoms with E-state index in [1.165, 1.54) is 43.6 Å². The maximum Gasteiger partial charge on any atom is 0.164 e. The minimum atomic E-state index is 0.554. The molecule has 0 bridgehead atoms. The third kappa shape index (κ3) is 2.05. The molecule has 5 nitrogen and oxygen atoms in total. The summed E-state index contributed by atoms with van der Waals surface area (Å²) in [5.74, 6) is 2.37. The highest BCUT2D eigenvalue weighted by molar-refractivity contribution is 5.82. The molecular formula is C20H19N5. The number of hydrogen-bond donors (Lipinski definition) is 1. The van der Waals surface area contributed by atoms with Gasteiger partial charge in [-0.15, -0.1) is 0 Å². The van der Waals surface area contributed by atoms with E-state index in [0.29, 0.717) is 11.8 Å². The van der Waals surface area contributed by atoms with Crippen LogP contribution in [0.3, 0.4) is 0 Å². The van der Waals surface area contributed by atoms with Crippen molar-refractivity contribution in [2.75, 3.05) is 0 Å². The van der Waals surface area contributed by atoms with Gasteiger partial charge in [0, 0.05) is 28.6 Å². The molecule has 4 aromatic rings. The van der Waals surface area contributed by atoms with E-state index in [2.05, 4.69) is 45.1 Å². The van der Waals surface area contributed by atoms with E-state index < -0.39 is 0 Å². The second-order valence-corrected chi connectivity index (χ2v) is 7.43. The van der Waals surface area contributed by atoms with Crippen molar-refractivity contribution in [3.8, 4) is 5.69 Å². The van der Waals surface area contributed by atoms with Crippen LogP contribution in [0.2, 0.25) is 0 Å². The number of H-pyrrole nitrogens is 1. The molecule has 0 unspecified atom stereocenters. The van der Waals surface area contributed by atoms with Crippen molar-refractivity contribution in [3.05, 3.63) is 48.0 Å². The topological polar surface area (TPSA) is 59.4 Å². The molecule has 124 valence electrons. The monoisotopic (exact) mass is 329 g/mol. The number of imidazole rings is 1. The van der Waals surface area contributed by atoms with Crippen LogP contribution in [0, 0.1) is 0 Å². The molecule has 2 aliphatic carbocycles. The van der Waals surface area contributed by atoms with Gasteiger partial charge in [0.05, 0.1) is 11.7 Å². The SMILES string of the molecule is c1cc2[nH]ncc2cc1-n1c(C2CCC2)nc2ccc(C3CC3)nc21. The first-order valence-electron chi connectivity index (χ1n) is 9.19. The third-order valence-corrected chi connectivity index (χ3v) is 5.70. The minimum Gasteiger partial charge on any atom is -0.280 e. The number of nitrogens with zero attached hydrogens (tertiary/aromatic N) is 4. The van der Waals surface area contributed by atoms with E-state index in [-0.39, 0.29) is 0 Å². The van der Waals surface area contributed by atoms with Gasteiger partial charge in [-0.05, 0) is 56.0 Å². The number of pyridine rings is 1. The highest BCUT2D eigenvalue weighted by Crippen LogP contribution is 2.41. The Morgan fingerprint density at radius 2 is 1.88 bits per heavy atom. The van der Waals surface area contributed by atoms with E-state index in [1.54, 1.807) is 0 Å². The molecule has 6 rings (SSSR count). The molecule has 3 aromatic heterocycles. The van der Waals surface area contributed by atoms with Gasteiger partial charge in [-0.25, -0.2) is 9.97 Å². The quantitative estimate of drug-likeness (QED) is 0.604. The molecule has 0 radical (unpaired) electrons. The Labute approximate surface area is 145 Å². The number of rotatable bonds is 3. The summed E-state index contributed by atoms with van der Waals surface area (Å²) < 4.78 is 2.29. The molecule has 25 heavy (non-hydrogen) atoms. The number of hydrogen-bond acceptors (Lipinski definition) is 3. The van der Waals surface area contributed by atoms with E-state index in [4.69, 9.17) is 9.97 Å². The van der Waals surface area contributed by atoms with Crippen LogP contribution in [-0.4, -0.2) is 24.7 Å². The van der Waals surface area contributed by atoms with Crippen LogP contribution in [0.25, 0.3) is 27.8 Å². The zero-order valence-electron chi connectivity index (χ0n) is 13.9. The van der Waals surface area contributed by atoms with Crippen molar-refractivity contribution >= 4 is 22.1 Å². The van der Waals surface area contributed by atoms with Gasteiger partial charge < -0.3 is 0 Å². The number of aromatic nitrogens is 5. The summed E-state index contributed by atoms with van der Waals surface area (Å²) in [6.07, 6.45) is 8.17. The molecule has 0 atom stereocenters. The molecule has 2 aliphatic rings. The normalized spacial score (nSPS) is 18.1. The molecule has 5 heteroatoms. The number of aromatic amines is 1. The van der Waals surface area contributed by atoms with E-state index in [0.717, 1.165) is 27.8 Å². The van der Waals surface area contributed by atoms with Gasteiger partial charge in [0.1, 0.15) is 11.3 Å². The standard InChI is InChI=1S/C20H19N5/c1-2-13(3-1)19-23-18-9-8-16(12-4-5-12)22-20(18)25(19)15-6-7-17-14(10-15)11-21-24-17/h6-13H,1-5H2,(H,21,24). The molecule has 1 N–H and O–H groups in total. The second-order valence-electron chi connectivity index (χ2n) is 7.43. The van der Waals surface area contributed by atoms with Gasteiger partial charge in [0.2, 0.25) is 0 Å². The predicted molar refractivity (Wildman–Crippen MR) is 97.1 cm³/mol. The molecule has 0 aliphatic heterocycles. The fourth-order valence-electron chi connectivity index (χ4n) is 3.86. The first-order valence-corrected chi connectivity index (χ1v) is 9.19. The van der Waals surface area contributed by atoms with Crippen molar-refractivity contribution in [2.45, 2.75) is 43.9 Å². The molecular weight excluding hydrogens is 310 g/mol. The Bertz CT molecular complexity index is 1100. The largest absolute Gasteiger partial charge is 0.280 e. The first-order chi connectivity index (χ1) is 12.4. The number of benzene rings is 1. The second kappa shape index (κ2) is 4.91. The lowest BCUT2D eigenvalue weighted by atomic mass is 9.85. The number of nitrogens with one attached hydrogen (secondary N) is 1. The van der Waals surface area contributed by atoms with Gasteiger partial charge in [-0.2, -0.15) is 5.10 Å². The van der Waals surface area contributed by atoms with Gasteiger partial charge in [-0.3, -0.25) is 9.67 Å². The minimum absolute atomic E-state index is 0.554. The van der Waals surface area contributed by atoms with Gasteiger partial charge >= 0.3 is 0 Å². The first kappa shape index (κ1) is 13.6. The van der Waals surface area contributed by atoms with Crippen LogP contribution >= 0.6 is 0 Å². The van der Waals surface area contributed by atoms with Crippen molar-refractivity contribution in [1.82, 2.24) is 24.7 Å². The molecule has 1 aromatic carbocycles. The maximum absolute atomic E-state index is 5.02. The average molecular weight is 329 g/mol. The van der Waals surface area contributed by atoms with Crippen LogP contribution in [0.15, 0.2) is 36.5 Å². The lowest BCUT2D eigenvalue weighted by molar-refractivity contribution is 0.399. The third-order valence-electron chi connectivity index (χ3n) is 5.70. The molecule has 0 spiro atoms. The highest BCUT2D eigenvalue weighted by atomic mass is 15.1. The van der Waals surface area contributed by atoms with Crippen LogP contribution in [-0.2, 0) is 0 Å². The van der Waals surface area contributed by atoms with Crippen LogP contribution in [0.4, 0.5) is 0 Å². The predicted octanol–water partition coefficient (Wildman–Crippen LogP) is 4.44. The summed E-state index contributed by atoms with van der Waals surface area (Å²) in [6.45, 7) is 0. The summed E-state index contributed by atoms with van der Waals surface area (Å²) in [6, 6.07) is 10.8. The van der Waals surface area contributed by atoms with Crippen LogP contribution in [0.5, 0.6) is 0 Å². The van der Waals surface area contributed by atoms with E-state index in [1.807, 2.05) is 6.20 Å². The lowest BCUT2D eigenvalue weighted by Crippen LogP contribution is -2.15. The van der Waals surface area contributed by atoms with E-state index in [9.17, 15) is 0 Å². The Morgan fingerprint density at radius 1 is 0.960 bits per heavy atom. The van der Waals surface area contributed by atoms with Crippen molar-refractivity contribution < 1.29 is 0 Å². The molecule has 0 amide bonds. The van der Waals surface area contributed by atoms with Crippen molar-refractivity contribution in [1.29, 1.82) is 0 Å². The smallest absolute Gasteiger partial charge is 0.164 e. The summed E-state index contributed by atoms with van der Waals surface area (Å²) >= 11 is 0. The fraction of sp³-hybridized carbons (Fsp3) is 0.350. The number of fused-ring (bicyclic) bond motifs is 2.